The van der Waals surface area contributed by atoms with E-state index < -0.39 is 11.9 Å². The normalized spacial score (nSPS) is 16.8. The number of pyridine rings is 2. The van der Waals surface area contributed by atoms with Crippen molar-refractivity contribution >= 4 is 17.7 Å². The molecule has 2 aliphatic heterocycles. The lowest BCUT2D eigenvalue weighted by Crippen LogP contribution is -2.30. The molecule has 0 unspecified atom stereocenters. The summed E-state index contributed by atoms with van der Waals surface area (Å²) in [5, 5.41) is 9.91. The third kappa shape index (κ3) is 3.09. The van der Waals surface area contributed by atoms with Gasteiger partial charge in [-0.1, -0.05) is 6.07 Å². The average Bonchev–Trinajstić information content (AvgIpc) is 3.17. The van der Waals surface area contributed by atoms with Crippen molar-refractivity contribution in [3.05, 3.63) is 59.2 Å². The van der Waals surface area contributed by atoms with E-state index in [9.17, 15) is 14.3 Å². The van der Waals surface area contributed by atoms with Crippen LogP contribution in [-0.2, 0) is 6.54 Å². The number of ether oxygens (including phenoxy) is 2. The molecule has 0 aliphatic carbocycles. The number of anilines is 2. The quantitative estimate of drug-likeness (QED) is 0.615. The predicted octanol–water partition coefficient (Wildman–Crippen LogP) is 3.73. The van der Waals surface area contributed by atoms with Gasteiger partial charge in [-0.05, 0) is 31.2 Å². The molecule has 2 aromatic heterocycles. The van der Waals surface area contributed by atoms with Gasteiger partial charge in [0.05, 0.1) is 25.7 Å². The van der Waals surface area contributed by atoms with E-state index in [1.54, 1.807) is 24.4 Å². The summed E-state index contributed by atoms with van der Waals surface area (Å²) in [5.41, 5.74) is 9.20. The molecule has 8 nitrogen and oxygen atoms in total. The number of nitrogens with zero attached hydrogens (tertiary/aromatic N) is 3. The van der Waals surface area contributed by atoms with Crippen molar-refractivity contribution in [1.82, 2.24) is 9.97 Å². The van der Waals surface area contributed by atoms with Crippen molar-refractivity contribution in [1.29, 1.82) is 0 Å². The van der Waals surface area contributed by atoms with E-state index in [0.717, 1.165) is 16.2 Å². The van der Waals surface area contributed by atoms with E-state index in [4.69, 9.17) is 15.2 Å². The molecule has 1 amide bonds. The van der Waals surface area contributed by atoms with Crippen LogP contribution in [0.5, 0.6) is 11.5 Å². The summed E-state index contributed by atoms with van der Waals surface area (Å²) in [6.45, 7) is 2.11. The zero-order valence-electron chi connectivity index (χ0n) is 16.6. The molecule has 2 aliphatic rings. The SMILES string of the molecule is Cc1ncccc1-c1cc2c(nc1N)N(C(=O)O)Cc1c(F)ccc3c1[C@@H](CO2)CO3. The molecule has 0 spiro atoms. The third-order valence-corrected chi connectivity index (χ3v) is 5.65. The number of carboxylic acid groups (broad SMARTS) is 1. The van der Waals surface area contributed by atoms with Gasteiger partial charge in [-0.2, -0.15) is 0 Å². The molecule has 0 bridgehead atoms. The number of aromatic nitrogens is 2. The Kier molecular flexibility index (Phi) is 4.39. The fourth-order valence-electron chi connectivity index (χ4n) is 4.12. The van der Waals surface area contributed by atoms with Crippen molar-refractivity contribution in [2.75, 3.05) is 23.8 Å². The lowest BCUT2D eigenvalue weighted by Gasteiger charge is -2.22. The average molecular weight is 422 g/mol. The number of halogens is 1. The molecule has 0 radical (unpaired) electrons. The highest BCUT2D eigenvalue weighted by Crippen LogP contribution is 2.43. The molecular weight excluding hydrogens is 403 g/mol. The zero-order valence-corrected chi connectivity index (χ0v) is 16.6. The molecule has 9 heteroatoms. The Balaban J connectivity index is 1.69. The fourth-order valence-corrected chi connectivity index (χ4v) is 4.12. The van der Waals surface area contributed by atoms with Crippen molar-refractivity contribution in [2.45, 2.75) is 19.4 Å². The number of nitrogen functional groups attached to an aromatic ring is 1. The van der Waals surface area contributed by atoms with Crippen LogP contribution >= 0.6 is 0 Å². The number of nitrogens with two attached hydrogens (primary N) is 1. The number of amides is 1. The minimum absolute atomic E-state index is 0.0215. The molecule has 3 N–H and O–H groups in total. The lowest BCUT2D eigenvalue weighted by molar-refractivity contribution is 0.200. The van der Waals surface area contributed by atoms with Gasteiger partial charge in [0.1, 0.15) is 17.4 Å². The van der Waals surface area contributed by atoms with Crippen molar-refractivity contribution in [2.24, 2.45) is 0 Å². The molecule has 1 atom stereocenters. The molecular formula is C22H19FN4O4. The van der Waals surface area contributed by atoms with Gasteiger partial charge < -0.3 is 20.3 Å². The van der Waals surface area contributed by atoms with Crippen LogP contribution in [-0.4, -0.2) is 34.4 Å². The number of rotatable bonds is 1. The first kappa shape index (κ1) is 19.1. The van der Waals surface area contributed by atoms with Crippen molar-refractivity contribution in [3.8, 4) is 22.6 Å². The van der Waals surface area contributed by atoms with E-state index >= 15 is 0 Å². The van der Waals surface area contributed by atoms with E-state index in [-0.39, 0.29) is 42.0 Å². The van der Waals surface area contributed by atoms with Crippen LogP contribution in [0.15, 0.2) is 36.5 Å². The van der Waals surface area contributed by atoms with Gasteiger partial charge in [0.15, 0.2) is 11.6 Å². The smallest absolute Gasteiger partial charge is 0.413 e. The van der Waals surface area contributed by atoms with Crippen LogP contribution in [0.1, 0.15) is 22.7 Å². The fraction of sp³-hybridized carbons (Fsp3) is 0.227. The van der Waals surface area contributed by atoms with Gasteiger partial charge in [-0.3, -0.25) is 9.88 Å². The second-order valence-electron chi connectivity index (χ2n) is 7.50. The topological polar surface area (TPSA) is 111 Å². The second-order valence-corrected chi connectivity index (χ2v) is 7.50. The Bertz CT molecular complexity index is 1220. The number of benzene rings is 1. The number of fused-ring (bicyclic) bond motifs is 1. The first-order valence-corrected chi connectivity index (χ1v) is 9.74. The molecule has 5 rings (SSSR count). The Morgan fingerprint density at radius 1 is 1.23 bits per heavy atom. The molecule has 1 aromatic carbocycles. The lowest BCUT2D eigenvalue weighted by atomic mass is 9.95. The summed E-state index contributed by atoms with van der Waals surface area (Å²) in [5.74, 6) is 0.207. The molecule has 0 saturated carbocycles. The molecule has 31 heavy (non-hydrogen) atoms. The van der Waals surface area contributed by atoms with E-state index in [0.29, 0.717) is 23.5 Å². The standard InChI is InChI=1S/C22H19FN4O4/c1-11-13(3-2-6-25-11)14-7-18-21(26-20(14)24)27(22(28)29)8-15-16(23)4-5-17-19(15)12(9-30-17)10-31-18/h2-7,12H,8-10H2,1H3,(H2,24,26)(H,28,29)/t12-/m1/s1. The summed E-state index contributed by atoms with van der Waals surface area (Å²) in [6, 6.07) is 8.15. The molecule has 3 aromatic rings. The minimum Gasteiger partial charge on any atom is -0.493 e. The van der Waals surface area contributed by atoms with E-state index in [1.807, 2.05) is 13.0 Å². The summed E-state index contributed by atoms with van der Waals surface area (Å²) < 4.78 is 26.5. The Morgan fingerprint density at radius 3 is 2.74 bits per heavy atom. The van der Waals surface area contributed by atoms with Crippen molar-refractivity contribution < 1.29 is 23.8 Å². The first-order valence-electron chi connectivity index (χ1n) is 9.74. The van der Waals surface area contributed by atoms with Gasteiger partial charge in [0.2, 0.25) is 0 Å². The number of hydrogen-bond donors (Lipinski definition) is 2. The van der Waals surface area contributed by atoms with Gasteiger partial charge in [-0.15, -0.1) is 0 Å². The van der Waals surface area contributed by atoms with Crippen LogP contribution in [0.4, 0.5) is 20.8 Å². The highest BCUT2D eigenvalue weighted by atomic mass is 19.1. The van der Waals surface area contributed by atoms with Crippen LogP contribution < -0.4 is 20.1 Å². The van der Waals surface area contributed by atoms with Gasteiger partial charge >= 0.3 is 6.09 Å². The summed E-state index contributed by atoms with van der Waals surface area (Å²) >= 11 is 0. The molecule has 158 valence electrons. The maximum Gasteiger partial charge on any atom is 0.413 e. The largest absolute Gasteiger partial charge is 0.493 e. The van der Waals surface area contributed by atoms with Crippen LogP contribution in [0, 0.1) is 12.7 Å². The van der Waals surface area contributed by atoms with Gasteiger partial charge in [0, 0.05) is 34.1 Å². The first-order chi connectivity index (χ1) is 14.9. The minimum atomic E-state index is -1.29. The number of aryl methyl sites for hydroxylation is 1. The monoisotopic (exact) mass is 422 g/mol. The highest BCUT2D eigenvalue weighted by Gasteiger charge is 2.35. The van der Waals surface area contributed by atoms with Gasteiger partial charge in [0.25, 0.3) is 0 Å². The van der Waals surface area contributed by atoms with Crippen LogP contribution in [0.3, 0.4) is 0 Å². The highest BCUT2D eigenvalue weighted by molar-refractivity contribution is 5.89. The van der Waals surface area contributed by atoms with Crippen molar-refractivity contribution in [3.63, 3.8) is 0 Å². The number of hydrogen-bond acceptors (Lipinski definition) is 6. The molecule has 0 fully saturated rings. The second kappa shape index (κ2) is 7.12. The van der Waals surface area contributed by atoms with E-state index in [1.165, 1.54) is 6.07 Å². The van der Waals surface area contributed by atoms with Crippen LogP contribution in [0.2, 0.25) is 0 Å². The summed E-state index contributed by atoms with van der Waals surface area (Å²) in [6.07, 6.45) is 0.378. The maximum absolute atomic E-state index is 14.8. The Labute approximate surface area is 177 Å². The predicted molar refractivity (Wildman–Crippen MR) is 111 cm³/mol. The Hall–Kier alpha value is -3.88. The molecule has 0 saturated heterocycles. The Morgan fingerprint density at radius 2 is 2.00 bits per heavy atom. The van der Waals surface area contributed by atoms with Crippen LogP contribution in [0.25, 0.3) is 11.1 Å². The maximum atomic E-state index is 14.8. The zero-order chi connectivity index (χ0) is 21.7. The third-order valence-electron chi connectivity index (χ3n) is 5.65. The number of carbonyl (C=O) groups is 1. The summed E-state index contributed by atoms with van der Waals surface area (Å²) in [4.78, 5) is 21.7. The summed E-state index contributed by atoms with van der Waals surface area (Å²) in [7, 11) is 0. The van der Waals surface area contributed by atoms with E-state index in [2.05, 4.69) is 9.97 Å². The van der Waals surface area contributed by atoms with Gasteiger partial charge in [-0.25, -0.2) is 14.2 Å². The molecule has 4 heterocycles.